The third-order valence-corrected chi connectivity index (χ3v) is 5.84. The average Bonchev–Trinajstić information content (AvgIpc) is 2.68. The number of carbonyl (C=O) groups excluding carboxylic acids is 2. The maximum Gasteiger partial charge on any atom is 0.322 e. The zero-order valence-electron chi connectivity index (χ0n) is 16.1. The quantitative estimate of drug-likeness (QED) is 0.662. The standard InChI is InChI=1S/C19H25Cl2N3O5/c1-22-18(26)7-13-3-5-16-17(29-13)10-28-9-12(25)8-24(16)19(27)23-11-2-4-14(20)15(21)6-11/h2,4,6,12-13,16-17,25H,3,5,7-10H2,1H3,(H,22,26)(H,23,27)/t12-,13-,16+,17-/m1/s1. The van der Waals surface area contributed by atoms with E-state index in [-0.39, 0.29) is 56.4 Å². The molecule has 0 bridgehead atoms. The van der Waals surface area contributed by atoms with Gasteiger partial charge >= 0.3 is 6.03 Å². The van der Waals surface area contributed by atoms with Gasteiger partial charge in [0.25, 0.3) is 0 Å². The summed E-state index contributed by atoms with van der Waals surface area (Å²) in [4.78, 5) is 26.3. The van der Waals surface area contributed by atoms with E-state index in [1.54, 1.807) is 30.1 Å². The largest absolute Gasteiger partial charge is 0.389 e. The molecule has 3 N–H and O–H groups in total. The van der Waals surface area contributed by atoms with Crippen molar-refractivity contribution in [2.75, 3.05) is 32.1 Å². The number of amides is 3. The molecule has 1 aromatic rings. The number of hydrogen-bond donors (Lipinski definition) is 3. The molecule has 2 heterocycles. The minimum atomic E-state index is -0.806. The van der Waals surface area contributed by atoms with Crippen molar-refractivity contribution < 1.29 is 24.2 Å². The summed E-state index contributed by atoms with van der Waals surface area (Å²) in [7, 11) is 1.59. The SMILES string of the molecule is CNC(=O)C[C@H]1CC[C@H]2[C@@H](COC[C@H](O)CN2C(=O)Nc2ccc(Cl)c(Cl)c2)O1. The molecule has 0 unspecified atom stereocenters. The second kappa shape index (κ2) is 9.95. The van der Waals surface area contributed by atoms with Crippen LogP contribution < -0.4 is 10.6 Å². The molecule has 2 saturated heterocycles. The molecule has 2 aliphatic rings. The van der Waals surface area contributed by atoms with E-state index in [4.69, 9.17) is 32.7 Å². The van der Waals surface area contributed by atoms with Crippen molar-refractivity contribution >= 4 is 40.8 Å². The topological polar surface area (TPSA) is 100 Å². The zero-order valence-corrected chi connectivity index (χ0v) is 17.6. The summed E-state index contributed by atoms with van der Waals surface area (Å²) in [5.74, 6) is -0.0927. The highest BCUT2D eigenvalue weighted by molar-refractivity contribution is 6.42. The Kier molecular flexibility index (Phi) is 7.59. The van der Waals surface area contributed by atoms with Gasteiger partial charge in [-0.15, -0.1) is 0 Å². The number of aliphatic hydroxyl groups is 1. The van der Waals surface area contributed by atoms with Gasteiger partial charge in [0, 0.05) is 12.7 Å². The molecule has 0 aliphatic carbocycles. The first kappa shape index (κ1) is 22.1. The van der Waals surface area contributed by atoms with Crippen LogP contribution in [0.4, 0.5) is 10.5 Å². The van der Waals surface area contributed by atoms with E-state index in [0.717, 1.165) is 0 Å². The van der Waals surface area contributed by atoms with Crippen molar-refractivity contribution in [3.8, 4) is 0 Å². The van der Waals surface area contributed by atoms with Crippen molar-refractivity contribution in [3.05, 3.63) is 28.2 Å². The number of carbonyl (C=O) groups is 2. The Balaban J connectivity index is 1.73. The summed E-state index contributed by atoms with van der Waals surface area (Å²) in [6.07, 6.45) is 0.102. The summed E-state index contributed by atoms with van der Waals surface area (Å²) >= 11 is 12.0. The van der Waals surface area contributed by atoms with Gasteiger partial charge in [0.15, 0.2) is 0 Å². The lowest BCUT2D eigenvalue weighted by Gasteiger charge is -2.44. The molecular weight excluding hydrogens is 421 g/mol. The monoisotopic (exact) mass is 445 g/mol. The van der Waals surface area contributed by atoms with Crippen LogP contribution in [-0.2, 0) is 14.3 Å². The molecule has 0 radical (unpaired) electrons. The van der Waals surface area contributed by atoms with Gasteiger partial charge in [-0.1, -0.05) is 23.2 Å². The average molecular weight is 446 g/mol. The maximum atomic E-state index is 13.0. The van der Waals surface area contributed by atoms with Gasteiger partial charge in [-0.25, -0.2) is 4.79 Å². The molecule has 1 aromatic carbocycles. The number of aliphatic hydroxyl groups excluding tert-OH is 1. The van der Waals surface area contributed by atoms with Crippen LogP contribution in [0.2, 0.25) is 10.0 Å². The highest BCUT2D eigenvalue weighted by Gasteiger charge is 2.40. The van der Waals surface area contributed by atoms with E-state index in [1.165, 1.54) is 0 Å². The van der Waals surface area contributed by atoms with Crippen molar-refractivity contribution in [2.24, 2.45) is 0 Å². The van der Waals surface area contributed by atoms with Crippen molar-refractivity contribution in [1.29, 1.82) is 0 Å². The summed E-state index contributed by atoms with van der Waals surface area (Å²) in [6, 6.07) is 4.18. The Bertz CT molecular complexity index is 751. The number of anilines is 1. The van der Waals surface area contributed by atoms with Gasteiger partial charge in [0.2, 0.25) is 5.91 Å². The molecule has 0 aromatic heterocycles. The smallest absolute Gasteiger partial charge is 0.322 e. The molecule has 3 rings (SSSR count). The first-order valence-corrected chi connectivity index (χ1v) is 10.3. The normalized spacial score (nSPS) is 27.4. The predicted molar refractivity (Wildman–Crippen MR) is 109 cm³/mol. The van der Waals surface area contributed by atoms with E-state index in [0.29, 0.717) is 28.6 Å². The number of ether oxygens (including phenoxy) is 2. The second-order valence-electron chi connectivity index (χ2n) is 7.22. The molecule has 4 atom stereocenters. The third kappa shape index (κ3) is 5.73. The van der Waals surface area contributed by atoms with Crippen LogP contribution in [0, 0.1) is 0 Å². The summed E-state index contributed by atoms with van der Waals surface area (Å²) in [5.41, 5.74) is 0.503. The second-order valence-corrected chi connectivity index (χ2v) is 8.04. The number of halogens is 2. The Morgan fingerprint density at radius 3 is 2.76 bits per heavy atom. The minimum Gasteiger partial charge on any atom is -0.389 e. The van der Waals surface area contributed by atoms with Crippen LogP contribution >= 0.6 is 23.2 Å². The van der Waals surface area contributed by atoms with Crippen LogP contribution in [0.5, 0.6) is 0 Å². The van der Waals surface area contributed by atoms with E-state index in [2.05, 4.69) is 10.6 Å². The molecule has 160 valence electrons. The van der Waals surface area contributed by atoms with Gasteiger partial charge in [-0.3, -0.25) is 4.79 Å². The summed E-state index contributed by atoms with van der Waals surface area (Å²) in [6.45, 7) is 0.448. The molecule has 2 aliphatic heterocycles. The van der Waals surface area contributed by atoms with Crippen LogP contribution in [0.3, 0.4) is 0 Å². The fourth-order valence-corrected chi connectivity index (χ4v) is 3.95. The summed E-state index contributed by atoms with van der Waals surface area (Å²) < 4.78 is 11.6. The van der Waals surface area contributed by atoms with Crippen molar-refractivity contribution in [2.45, 2.75) is 43.6 Å². The molecule has 10 heteroatoms. The lowest BCUT2D eigenvalue weighted by atomic mass is 9.95. The highest BCUT2D eigenvalue weighted by Crippen LogP contribution is 2.29. The van der Waals surface area contributed by atoms with E-state index >= 15 is 0 Å². The molecule has 0 saturated carbocycles. The number of hydrogen-bond acceptors (Lipinski definition) is 5. The fourth-order valence-electron chi connectivity index (χ4n) is 3.65. The number of fused-ring (bicyclic) bond motifs is 1. The number of β-amino-alcohol motifs (C(OH)–C–C–N with tert-alkyl or cyclic N) is 1. The number of nitrogens with one attached hydrogen (secondary N) is 2. The first-order chi connectivity index (χ1) is 13.9. The van der Waals surface area contributed by atoms with Gasteiger partial charge in [-0.05, 0) is 31.0 Å². The van der Waals surface area contributed by atoms with Crippen LogP contribution in [0.15, 0.2) is 18.2 Å². The Hall–Kier alpha value is -1.58. The third-order valence-electron chi connectivity index (χ3n) is 5.10. The summed E-state index contributed by atoms with van der Waals surface area (Å²) in [5, 5.41) is 16.3. The van der Waals surface area contributed by atoms with Gasteiger partial charge < -0.3 is 30.1 Å². The fraction of sp³-hybridized carbons (Fsp3) is 0.579. The number of urea groups is 1. The van der Waals surface area contributed by atoms with E-state index in [9.17, 15) is 14.7 Å². The highest BCUT2D eigenvalue weighted by atomic mass is 35.5. The van der Waals surface area contributed by atoms with Gasteiger partial charge in [-0.2, -0.15) is 0 Å². The predicted octanol–water partition coefficient (Wildman–Crippen LogP) is 2.27. The lowest BCUT2D eigenvalue weighted by Crippen LogP contribution is -2.58. The molecule has 8 nitrogen and oxygen atoms in total. The Labute approximate surface area is 179 Å². The Morgan fingerprint density at radius 2 is 2.03 bits per heavy atom. The minimum absolute atomic E-state index is 0.0927. The number of nitrogens with zero attached hydrogens (tertiary/aromatic N) is 1. The van der Waals surface area contributed by atoms with Crippen molar-refractivity contribution in [3.63, 3.8) is 0 Å². The first-order valence-electron chi connectivity index (χ1n) is 9.52. The lowest BCUT2D eigenvalue weighted by molar-refractivity contribution is -0.149. The maximum absolute atomic E-state index is 13.0. The van der Waals surface area contributed by atoms with Crippen LogP contribution in [0.25, 0.3) is 0 Å². The number of rotatable bonds is 3. The zero-order chi connectivity index (χ0) is 21.0. The van der Waals surface area contributed by atoms with Crippen molar-refractivity contribution in [1.82, 2.24) is 10.2 Å². The van der Waals surface area contributed by atoms with Crippen LogP contribution in [0.1, 0.15) is 19.3 Å². The van der Waals surface area contributed by atoms with Crippen LogP contribution in [-0.4, -0.2) is 73.1 Å². The molecule has 2 fully saturated rings. The Morgan fingerprint density at radius 1 is 1.24 bits per heavy atom. The van der Waals surface area contributed by atoms with E-state index in [1.807, 2.05) is 0 Å². The van der Waals surface area contributed by atoms with E-state index < -0.39 is 6.10 Å². The molecular formula is C19H25Cl2N3O5. The molecule has 29 heavy (non-hydrogen) atoms. The van der Waals surface area contributed by atoms with Gasteiger partial charge in [0.1, 0.15) is 6.10 Å². The number of benzene rings is 1. The molecule has 0 spiro atoms. The van der Waals surface area contributed by atoms with Gasteiger partial charge in [0.05, 0.1) is 54.5 Å². The molecule has 3 amide bonds.